The van der Waals surface area contributed by atoms with E-state index in [1.807, 2.05) is 0 Å². The first-order valence-electron chi connectivity index (χ1n) is 6.93. The second-order valence-electron chi connectivity index (χ2n) is 5.08. The zero-order valence-electron chi connectivity index (χ0n) is 13.2. The van der Waals surface area contributed by atoms with Gasteiger partial charge >= 0.3 is 5.97 Å². The topological polar surface area (TPSA) is 111 Å². The van der Waals surface area contributed by atoms with Gasteiger partial charge in [0.05, 0.1) is 7.11 Å². The first kappa shape index (κ1) is 18.0. The van der Waals surface area contributed by atoms with Crippen LogP contribution >= 0.6 is 0 Å². The van der Waals surface area contributed by atoms with Crippen molar-refractivity contribution in [1.82, 2.24) is 5.32 Å². The highest BCUT2D eigenvalue weighted by Gasteiger charge is 2.20. The third kappa shape index (κ3) is 5.36. The summed E-state index contributed by atoms with van der Waals surface area (Å²) in [4.78, 5) is 23.1. The number of anilines is 1. The lowest BCUT2D eigenvalue weighted by Crippen LogP contribution is -2.38. The molecule has 0 saturated carbocycles. The summed E-state index contributed by atoms with van der Waals surface area (Å²) >= 11 is 0. The fraction of sp³-hybridized carbons (Fsp3) is 0.312. The second kappa shape index (κ2) is 8.44. The maximum Gasteiger partial charge on any atom is 0.326 e. The first-order valence-corrected chi connectivity index (χ1v) is 6.93. The molecular weight excluding hydrogens is 298 g/mol. The van der Waals surface area contributed by atoms with E-state index in [-0.39, 0.29) is 11.5 Å². The number of nitrogens with one attached hydrogen (secondary N) is 2. The predicted octanol–water partition coefficient (Wildman–Crippen LogP) is 1.74. The van der Waals surface area contributed by atoms with Crippen LogP contribution in [0.1, 0.15) is 13.8 Å². The van der Waals surface area contributed by atoms with Crippen LogP contribution in [0.5, 0.6) is 5.75 Å². The zero-order valence-corrected chi connectivity index (χ0v) is 13.2. The summed E-state index contributed by atoms with van der Waals surface area (Å²) in [5.74, 6) is -1.24. The number of carbonyl (C=O) groups is 2. The highest BCUT2D eigenvalue weighted by Crippen LogP contribution is 2.15. The van der Waals surface area contributed by atoms with Gasteiger partial charge in [-0.2, -0.15) is 5.26 Å². The molecule has 1 atom stereocenters. The molecule has 7 heteroatoms. The normalized spacial score (nSPS) is 12.2. The van der Waals surface area contributed by atoms with Gasteiger partial charge in [0.2, 0.25) is 0 Å². The average Bonchev–Trinajstić information content (AvgIpc) is 2.51. The van der Waals surface area contributed by atoms with Gasteiger partial charge in [0.1, 0.15) is 23.4 Å². The molecule has 1 rings (SSSR count). The van der Waals surface area contributed by atoms with Crippen molar-refractivity contribution in [1.29, 1.82) is 5.26 Å². The van der Waals surface area contributed by atoms with Gasteiger partial charge in [0.15, 0.2) is 0 Å². The van der Waals surface area contributed by atoms with Gasteiger partial charge in [-0.05, 0) is 30.2 Å². The van der Waals surface area contributed by atoms with Crippen molar-refractivity contribution < 1.29 is 19.4 Å². The van der Waals surface area contributed by atoms with Gasteiger partial charge in [-0.15, -0.1) is 0 Å². The van der Waals surface area contributed by atoms with E-state index in [0.717, 1.165) is 6.20 Å². The number of carboxylic acids is 1. The molecule has 0 aliphatic heterocycles. The van der Waals surface area contributed by atoms with Crippen molar-refractivity contribution >= 4 is 17.6 Å². The molecule has 0 bridgehead atoms. The van der Waals surface area contributed by atoms with E-state index in [4.69, 9.17) is 15.1 Å². The van der Waals surface area contributed by atoms with Crippen LogP contribution in [0.2, 0.25) is 0 Å². The van der Waals surface area contributed by atoms with E-state index in [1.165, 1.54) is 7.11 Å². The fourth-order valence-electron chi connectivity index (χ4n) is 1.74. The van der Waals surface area contributed by atoms with Crippen molar-refractivity contribution in [3.63, 3.8) is 0 Å². The molecule has 0 aliphatic carbocycles. The Bertz CT molecular complexity index is 630. The Morgan fingerprint density at radius 1 is 1.30 bits per heavy atom. The number of carboxylic acid groups (broad SMARTS) is 1. The van der Waals surface area contributed by atoms with Crippen LogP contribution in [0.4, 0.5) is 5.69 Å². The molecule has 0 heterocycles. The number of carbonyl (C=O) groups excluding carboxylic acids is 1. The van der Waals surface area contributed by atoms with Gasteiger partial charge in [-0.3, -0.25) is 4.79 Å². The van der Waals surface area contributed by atoms with E-state index in [0.29, 0.717) is 11.4 Å². The molecule has 23 heavy (non-hydrogen) atoms. The number of rotatable bonds is 7. The summed E-state index contributed by atoms with van der Waals surface area (Å²) < 4.78 is 5.01. The number of amides is 1. The van der Waals surface area contributed by atoms with Gasteiger partial charge in [-0.25, -0.2) is 4.79 Å². The minimum Gasteiger partial charge on any atom is -0.497 e. The van der Waals surface area contributed by atoms with Crippen LogP contribution in [-0.2, 0) is 9.59 Å². The van der Waals surface area contributed by atoms with Crippen LogP contribution in [0, 0.1) is 17.2 Å². The Labute approximate surface area is 134 Å². The maximum absolute atomic E-state index is 12.0. The Hall–Kier alpha value is -3.01. The van der Waals surface area contributed by atoms with E-state index in [9.17, 15) is 9.59 Å². The standard InChI is InChI=1S/C16H19N3O4/c1-10(2)14(16(21)22)18-9-11(8-17)15(20)19-12-4-6-13(23-3)7-5-12/h4-7,9-10,14,18H,1-3H3,(H,19,20)(H,21,22)/b11-9-. The van der Waals surface area contributed by atoms with Crippen molar-refractivity contribution in [2.75, 3.05) is 12.4 Å². The largest absolute Gasteiger partial charge is 0.497 e. The van der Waals surface area contributed by atoms with Crippen LogP contribution in [-0.4, -0.2) is 30.1 Å². The van der Waals surface area contributed by atoms with E-state index in [1.54, 1.807) is 44.2 Å². The van der Waals surface area contributed by atoms with Crippen molar-refractivity contribution in [3.05, 3.63) is 36.0 Å². The predicted molar refractivity (Wildman–Crippen MR) is 84.7 cm³/mol. The number of benzene rings is 1. The lowest BCUT2D eigenvalue weighted by atomic mass is 10.1. The molecule has 1 aromatic carbocycles. The van der Waals surface area contributed by atoms with E-state index < -0.39 is 17.9 Å². The molecule has 1 unspecified atom stereocenters. The number of nitrogens with zero attached hydrogens (tertiary/aromatic N) is 1. The number of hydrogen-bond acceptors (Lipinski definition) is 5. The molecule has 1 aromatic rings. The maximum atomic E-state index is 12.0. The van der Waals surface area contributed by atoms with Crippen molar-refractivity contribution in [2.45, 2.75) is 19.9 Å². The van der Waals surface area contributed by atoms with Crippen molar-refractivity contribution in [3.8, 4) is 11.8 Å². The molecular formula is C16H19N3O4. The molecule has 0 saturated heterocycles. The second-order valence-corrected chi connectivity index (χ2v) is 5.08. The Morgan fingerprint density at radius 3 is 2.35 bits per heavy atom. The van der Waals surface area contributed by atoms with E-state index in [2.05, 4.69) is 10.6 Å². The van der Waals surface area contributed by atoms with Crippen LogP contribution in [0.15, 0.2) is 36.0 Å². The summed E-state index contributed by atoms with van der Waals surface area (Å²) in [6.07, 6.45) is 1.12. The Balaban J connectivity index is 2.79. The molecule has 0 spiro atoms. The highest BCUT2D eigenvalue weighted by atomic mass is 16.5. The summed E-state index contributed by atoms with van der Waals surface area (Å²) in [6, 6.07) is 7.47. The van der Waals surface area contributed by atoms with Crippen LogP contribution in [0.3, 0.4) is 0 Å². The molecule has 1 amide bonds. The average molecular weight is 317 g/mol. The Kier molecular flexibility index (Phi) is 6.62. The van der Waals surface area contributed by atoms with Gasteiger partial charge in [0, 0.05) is 11.9 Å². The summed E-state index contributed by atoms with van der Waals surface area (Å²) in [6.45, 7) is 3.45. The molecule has 3 N–H and O–H groups in total. The summed E-state index contributed by atoms with van der Waals surface area (Å²) in [7, 11) is 1.53. The minimum absolute atomic E-state index is 0.201. The Morgan fingerprint density at radius 2 is 1.91 bits per heavy atom. The molecule has 0 aromatic heterocycles. The summed E-state index contributed by atoms with van der Waals surface area (Å²) in [5.41, 5.74) is 0.281. The lowest BCUT2D eigenvalue weighted by Gasteiger charge is -2.16. The molecule has 7 nitrogen and oxygen atoms in total. The molecule has 0 radical (unpaired) electrons. The highest BCUT2D eigenvalue weighted by molar-refractivity contribution is 6.06. The van der Waals surface area contributed by atoms with Gasteiger partial charge in [-0.1, -0.05) is 13.8 Å². The van der Waals surface area contributed by atoms with Gasteiger partial charge in [0.25, 0.3) is 5.91 Å². The lowest BCUT2D eigenvalue weighted by molar-refractivity contribution is -0.140. The first-order chi connectivity index (χ1) is 10.9. The number of nitriles is 1. The van der Waals surface area contributed by atoms with Crippen LogP contribution in [0.25, 0.3) is 0 Å². The SMILES string of the molecule is COc1ccc(NC(=O)/C(C#N)=C\NC(C(=O)O)C(C)C)cc1. The number of hydrogen-bond donors (Lipinski definition) is 3. The molecule has 0 aliphatic rings. The quantitative estimate of drug-likeness (QED) is 0.522. The number of ether oxygens (including phenoxy) is 1. The number of aliphatic carboxylic acids is 1. The number of methoxy groups -OCH3 is 1. The summed E-state index contributed by atoms with van der Waals surface area (Å²) in [5, 5.41) is 23.3. The molecule has 122 valence electrons. The van der Waals surface area contributed by atoms with Crippen molar-refractivity contribution in [2.24, 2.45) is 5.92 Å². The smallest absolute Gasteiger partial charge is 0.326 e. The zero-order chi connectivity index (χ0) is 17.4. The minimum atomic E-state index is -1.05. The van der Waals surface area contributed by atoms with Crippen LogP contribution < -0.4 is 15.4 Å². The monoisotopic (exact) mass is 317 g/mol. The third-order valence-electron chi connectivity index (χ3n) is 3.05. The third-order valence-corrected chi connectivity index (χ3v) is 3.05. The molecule has 0 fully saturated rings. The van der Waals surface area contributed by atoms with Gasteiger partial charge < -0.3 is 20.5 Å². The van der Waals surface area contributed by atoms with E-state index >= 15 is 0 Å². The fourth-order valence-corrected chi connectivity index (χ4v) is 1.74.